The third-order valence-electron chi connectivity index (χ3n) is 2.99. The zero-order chi connectivity index (χ0) is 13.1. The molecule has 0 heterocycles. The Kier molecular flexibility index (Phi) is 8.70. The van der Waals surface area contributed by atoms with E-state index in [0.29, 0.717) is 12.5 Å². The van der Waals surface area contributed by atoms with Crippen LogP contribution in [-0.2, 0) is 0 Å². The Hall–Kier alpha value is -0.730. The molecule has 1 N–H and O–H groups in total. The molecule has 1 rings (SSSR count). The molecule has 0 radical (unpaired) electrons. The van der Waals surface area contributed by atoms with Gasteiger partial charge in [0.25, 0.3) is 0 Å². The summed E-state index contributed by atoms with van der Waals surface area (Å²) in [4.78, 5) is 1.26. The molecule has 1 nitrogen and oxygen atoms in total. The molecule has 0 saturated carbocycles. The van der Waals surface area contributed by atoms with Gasteiger partial charge < -0.3 is 5.11 Å². The number of benzene rings is 1. The summed E-state index contributed by atoms with van der Waals surface area (Å²) in [6.07, 6.45) is 8.08. The largest absolute Gasteiger partial charge is 0.396 e. The standard InChI is InChI=1S/C16H24OS/c1-2-3-5-9-15(14-17)10-8-13-18-16-11-6-4-7-12-16/h4,6-8,11-13,15,17H,2-3,5,9-10,14H2,1H3. The van der Waals surface area contributed by atoms with Crippen LogP contribution in [0.2, 0.25) is 0 Å². The lowest BCUT2D eigenvalue weighted by Gasteiger charge is -2.10. The predicted molar refractivity (Wildman–Crippen MR) is 80.8 cm³/mol. The molecule has 0 aliphatic heterocycles. The summed E-state index contributed by atoms with van der Waals surface area (Å²) in [7, 11) is 0. The van der Waals surface area contributed by atoms with E-state index in [1.807, 2.05) is 6.07 Å². The number of allylic oxidation sites excluding steroid dienone is 1. The molecule has 0 aromatic heterocycles. The molecule has 1 atom stereocenters. The Bertz CT molecular complexity index is 321. The Morgan fingerprint density at radius 3 is 2.67 bits per heavy atom. The Morgan fingerprint density at radius 2 is 2.00 bits per heavy atom. The summed E-state index contributed by atoms with van der Waals surface area (Å²) in [6.45, 7) is 2.52. The van der Waals surface area contributed by atoms with Crippen molar-refractivity contribution in [2.45, 2.75) is 43.9 Å². The van der Waals surface area contributed by atoms with Crippen molar-refractivity contribution < 1.29 is 5.11 Å². The SMILES string of the molecule is CCCCCC(CO)CC=CSc1ccccc1. The van der Waals surface area contributed by atoms with Crippen molar-refractivity contribution in [1.29, 1.82) is 0 Å². The van der Waals surface area contributed by atoms with Crippen molar-refractivity contribution in [3.63, 3.8) is 0 Å². The van der Waals surface area contributed by atoms with Crippen molar-refractivity contribution in [3.05, 3.63) is 41.8 Å². The first-order valence-corrected chi connectivity index (χ1v) is 7.72. The van der Waals surface area contributed by atoms with Crippen LogP contribution in [0.25, 0.3) is 0 Å². The number of hydrogen-bond acceptors (Lipinski definition) is 2. The first kappa shape index (κ1) is 15.3. The zero-order valence-corrected chi connectivity index (χ0v) is 12.0. The average molecular weight is 264 g/mol. The normalized spacial score (nSPS) is 13.0. The molecule has 0 saturated heterocycles. The molecule has 0 fully saturated rings. The van der Waals surface area contributed by atoms with Gasteiger partial charge in [0, 0.05) is 11.5 Å². The number of aliphatic hydroxyl groups is 1. The fraction of sp³-hybridized carbons (Fsp3) is 0.500. The van der Waals surface area contributed by atoms with Gasteiger partial charge in [-0.25, -0.2) is 0 Å². The van der Waals surface area contributed by atoms with Crippen LogP contribution < -0.4 is 0 Å². The molecule has 18 heavy (non-hydrogen) atoms. The number of thioether (sulfide) groups is 1. The van der Waals surface area contributed by atoms with Gasteiger partial charge in [0.15, 0.2) is 0 Å². The van der Waals surface area contributed by atoms with Gasteiger partial charge in [-0.15, -0.1) is 0 Å². The van der Waals surface area contributed by atoms with E-state index in [9.17, 15) is 5.11 Å². The minimum absolute atomic E-state index is 0.310. The van der Waals surface area contributed by atoms with Crippen molar-refractivity contribution in [1.82, 2.24) is 0 Å². The molecule has 1 unspecified atom stereocenters. The molecule has 0 spiro atoms. The van der Waals surface area contributed by atoms with Crippen LogP contribution >= 0.6 is 11.8 Å². The van der Waals surface area contributed by atoms with Gasteiger partial charge in [-0.05, 0) is 36.3 Å². The Labute approximate surface area is 115 Å². The van der Waals surface area contributed by atoms with Crippen molar-refractivity contribution in [2.75, 3.05) is 6.61 Å². The van der Waals surface area contributed by atoms with E-state index in [4.69, 9.17) is 0 Å². The van der Waals surface area contributed by atoms with E-state index in [-0.39, 0.29) is 0 Å². The quantitative estimate of drug-likeness (QED) is 0.507. The monoisotopic (exact) mass is 264 g/mol. The maximum atomic E-state index is 9.30. The lowest BCUT2D eigenvalue weighted by molar-refractivity contribution is 0.217. The van der Waals surface area contributed by atoms with Gasteiger partial charge >= 0.3 is 0 Å². The lowest BCUT2D eigenvalue weighted by atomic mass is 9.99. The molecular weight excluding hydrogens is 240 g/mol. The van der Waals surface area contributed by atoms with Crippen molar-refractivity contribution in [2.24, 2.45) is 5.92 Å². The van der Waals surface area contributed by atoms with E-state index < -0.39 is 0 Å². The summed E-state index contributed by atoms with van der Waals surface area (Å²) in [5, 5.41) is 11.4. The van der Waals surface area contributed by atoms with Gasteiger partial charge in [-0.2, -0.15) is 0 Å². The smallest absolute Gasteiger partial charge is 0.0462 e. The molecule has 1 aromatic carbocycles. The number of rotatable bonds is 9. The maximum absolute atomic E-state index is 9.30. The summed E-state index contributed by atoms with van der Waals surface area (Å²) in [5.74, 6) is 0.434. The molecule has 0 amide bonds. The molecule has 1 aromatic rings. The van der Waals surface area contributed by atoms with Gasteiger partial charge in [0.2, 0.25) is 0 Å². The Balaban J connectivity index is 2.21. The molecule has 0 bridgehead atoms. The summed E-state index contributed by atoms with van der Waals surface area (Å²) >= 11 is 1.74. The van der Waals surface area contributed by atoms with E-state index in [2.05, 4.69) is 42.7 Å². The van der Waals surface area contributed by atoms with Crippen LogP contribution in [0.4, 0.5) is 0 Å². The van der Waals surface area contributed by atoms with Gasteiger partial charge in [-0.1, -0.05) is 62.2 Å². The molecule has 2 heteroatoms. The number of aliphatic hydroxyl groups excluding tert-OH is 1. The number of hydrogen-bond donors (Lipinski definition) is 1. The van der Waals surface area contributed by atoms with Crippen LogP contribution in [0.3, 0.4) is 0 Å². The topological polar surface area (TPSA) is 20.2 Å². The third-order valence-corrected chi connectivity index (χ3v) is 3.86. The minimum Gasteiger partial charge on any atom is -0.396 e. The van der Waals surface area contributed by atoms with Crippen LogP contribution in [0.15, 0.2) is 46.7 Å². The summed E-state index contributed by atoms with van der Waals surface area (Å²) < 4.78 is 0. The first-order valence-electron chi connectivity index (χ1n) is 6.84. The highest BCUT2D eigenvalue weighted by molar-refractivity contribution is 8.02. The van der Waals surface area contributed by atoms with Gasteiger partial charge in [-0.3, -0.25) is 0 Å². The van der Waals surface area contributed by atoms with E-state index >= 15 is 0 Å². The predicted octanol–water partition coefficient (Wildman–Crippen LogP) is 4.87. The molecular formula is C16H24OS. The highest BCUT2D eigenvalue weighted by Crippen LogP contribution is 2.20. The van der Waals surface area contributed by atoms with Crippen molar-refractivity contribution in [3.8, 4) is 0 Å². The van der Waals surface area contributed by atoms with Crippen LogP contribution in [0, 0.1) is 5.92 Å². The van der Waals surface area contributed by atoms with E-state index in [0.717, 1.165) is 12.8 Å². The fourth-order valence-electron chi connectivity index (χ4n) is 1.84. The van der Waals surface area contributed by atoms with Gasteiger partial charge in [0.05, 0.1) is 0 Å². The third kappa shape index (κ3) is 6.87. The van der Waals surface area contributed by atoms with Crippen LogP contribution in [0.1, 0.15) is 39.0 Å². The second-order valence-electron chi connectivity index (χ2n) is 4.58. The highest BCUT2D eigenvalue weighted by atomic mass is 32.2. The first-order chi connectivity index (χ1) is 8.86. The molecule has 100 valence electrons. The lowest BCUT2D eigenvalue weighted by Crippen LogP contribution is -2.04. The number of unbranched alkanes of at least 4 members (excludes halogenated alkanes) is 2. The summed E-state index contributed by atoms with van der Waals surface area (Å²) in [6, 6.07) is 10.4. The van der Waals surface area contributed by atoms with Gasteiger partial charge in [0.1, 0.15) is 0 Å². The van der Waals surface area contributed by atoms with Crippen LogP contribution in [-0.4, -0.2) is 11.7 Å². The average Bonchev–Trinajstić information content (AvgIpc) is 2.43. The van der Waals surface area contributed by atoms with E-state index in [1.54, 1.807) is 11.8 Å². The maximum Gasteiger partial charge on any atom is 0.0462 e. The summed E-state index contributed by atoms with van der Waals surface area (Å²) in [5.41, 5.74) is 0. The highest BCUT2D eigenvalue weighted by Gasteiger charge is 2.04. The van der Waals surface area contributed by atoms with Crippen LogP contribution in [0.5, 0.6) is 0 Å². The molecule has 0 aliphatic rings. The second-order valence-corrected chi connectivity index (χ2v) is 5.56. The zero-order valence-electron chi connectivity index (χ0n) is 11.2. The molecule has 0 aliphatic carbocycles. The Morgan fingerprint density at radius 1 is 1.22 bits per heavy atom. The minimum atomic E-state index is 0.310. The van der Waals surface area contributed by atoms with E-state index in [1.165, 1.54) is 24.2 Å². The fourth-order valence-corrected chi connectivity index (χ4v) is 2.52. The second kappa shape index (κ2) is 10.2. The van der Waals surface area contributed by atoms with Crippen molar-refractivity contribution >= 4 is 11.8 Å².